The molecule has 1 amide bonds. The van der Waals surface area contributed by atoms with Crippen molar-refractivity contribution in [2.45, 2.75) is 25.7 Å². The normalized spacial score (nSPS) is 15.0. The van der Waals surface area contributed by atoms with Crippen LogP contribution in [0.2, 0.25) is 0 Å². The molecular weight excluding hydrogens is 669 g/mol. The minimum absolute atomic E-state index is 0.0408. The van der Waals surface area contributed by atoms with Crippen molar-refractivity contribution in [3.8, 4) is 34.0 Å². The third-order valence-corrected chi connectivity index (χ3v) is 9.55. The molecule has 3 aromatic carbocycles. The number of aromatic nitrogens is 4. The maximum atomic E-state index is 12.5. The van der Waals surface area contributed by atoms with E-state index in [0.717, 1.165) is 103 Å². The molecule has 53 heavy (non-hydrogen) atoms. The molecule has 7 rings (SSSR count). The zero-order chi connectivity index (χ0) is 36.8. The van der Waals surface area contributed by atoms with E-state index in [4.69, 9.17) is 19.9 Å². The highest BCUT2D eigenvalue weighted by atomic mass is 16.5. The first-order valence-electron chi connectivity index (χ1n) is 18.5. The fourth-order valence-corrected chi connectivity index (χ4v) is 6.65. The number of hydrogen-bond donors (Lipinski definition) is 2. The molecule has 0 saturated carbocycles. The Kier molecular flexibility index (Phi) is 13.5. The van der Waals surface area contributed by atoms with Crippen LogP contribution in [-0.4, -0.2) is 101 Å². The molecule has 5 aromatic rings. The Morgan fingerprint density at radius 1 is 0.736 bits per heavy atom. The average molecular weight is 721 g/mol. The zero-order valence-electron chi connectivity index (χ0n) is 31.0. The van der Waals surface area contributed by atoms with Crippen LogP contribution in [0.15, 0.2) is 91.3 Å². The van der Waals surface area contributed by atoms with Gasteiger partial charge in [0.2, 0.25) is 5.91 Å². The van der Waals surface area contributed by atoms with Crippen molar-refractivity contribution in [2.24, 2.45) is 14.1 Å². The Hall–Kier alpha value is -5.17. The lowest BCUT2D eigenvalue weighted by molar-refractivity contribution is -0.115. The lowest BCUT2D eigenvalue weighted by Gasteiger charge is -2.26. The number of morpholine rings is 1. The molecule has 4 heterocycles. The number of aryl methyl sites for hydroxylation is 2. The van der Waals surface area contributed by atoms with Crippen LogP contribution in [0, 0.1) is 0 Å². The smallest absolute Gasteiger partial charge is 0.228 e. The topological polar surface area (TPSA) is 125 Å². The van der Waals surface area contributed by atoms with Crippen LogP contribution in [0.3, 0.4) is 0 Å². The summed E-state index contributed by atoms with van der Waals surface area (Å²) >= 11 is 0. The first-order chi connectivity index (χ1) is 25.9. The number of nitrogens with two attached hydrogens (primary N) is 1. The van der Waals surface area contributed by atoms with Crippen molar-refractivity contribution in [3.63, 3.8) is 0 Å². The van der Waals surface area contributed by atoms with E-state index in [1.54, 1.807) is 12.4 Å². The average Bonchev–Trinajstić information content (AvgIpc) is 3.81. The molecule has 12 heteroatoms. The molecule has 12 nitrogen and oxygen atoms in total. The van der Waals surface area contributed by atoms with E-state index in [1.165, 1.54) is 19.3 Å². The van der Waals surface area contributed by atoms with Gasteiger partial charge in [-0.1, -0.05) is 36.8 Å². The quantitative estimate of drug-likeness (QED) is 0.152. The standard InChI is InChI=1S/C25H30N4O2.C16H22N4O2/c1-28-23(12-13-26-28)22-19-21(27-25(30)18-20-8-4-2-5-9-20)10-11-24(22)31-17-16-29-14-6-3-7-15-29;1-19-15(4-5-18-19)14-12-13(17)2-3-16(14)22-11-8-20-6-9-21-10-7-20/h2,4-5,8-13,19H,3,6-7,14-18H2,1H3,(H,27,30);2-5,12H,6-11,17H2,1H3. The van der Waals surface area contributed by atoms with E-state index >= 15 is 0 Å². The van der Waals surface area contributed by atoms with Crippen LogP contribution in [0.5, 0.6) is 11.5 Å². The molecule has 280 valence electrons. The molecular formula is C41H52N8O4. The van der Waals surface area contributed by atoms with E-state index in [1.807, 2.05) is 102 Å². The van der Waals surface area contributed by atoms with Gasteiger partial charge in [-0.3, -0.25) is 24.0 Å². The highest BCUT2D eigenvalue weighted by Gasteiger charge is 2.16. The van der Waals surface area contributed by atoms with Gasteiger partial charge >= 0.3 is 0 Å². The summed E-state index contributed by atoms with van der Waals surface area (Å²) in [5.41, 5.74) is 12.2. The summed E-state index contributed by atoms with van der Waals surface area (Å²) in [6.45, 7) is 9.00. The summed E-state index contributed by atoms with van der Waals surface area (Å²) in [7, 11) is 3.82. The van der Waals surface area contributed by atoms with Crippen molar-refractivity contribution in [1.29, 1.82) is 0 Å². The van der Waals surface area contributed by atoms with Crippen molar-refractivity contribution in [2.75, 3.05) is 76.7 Å². The van der Waals surface area contributed by atoms with E-state index in [-0.39, 0.29) is 5.91 Å². The summed E-state index contributed by atoms with van der Waals surface area (Å²) < 4.78 is 21.2. The summed E-state index contributed by atoms with van der Waals surface area (Å²) in [5, 5.41) is 11.5. The monoisotopic (exact) mass is 720 g/mol. The predicted molar refractivity (Wildman–Crippen MR) is 209 cm³/mol. The molecule has 0 atom stereocenters. The number of carbonyl (C=O) groups is 1. The molecule has 2 aliphatic rings. The molecule has 0 spiro atoms. The number of carbonyl (C=O) groups excluding carboxylic acids is 1. The van der Waals surface area contributed by atoms with Crippen molar-refractivity contribution in [1.82, 2.24) is 29.4 Å². The second kappa shape index (κ2) is 19.1. The minimum Gasteiger partial charge on any atom is -0.492 e. The van der Waals surface area contributed by atoms with Gasteiger partial charge in [-0.25, -0.2) is 0 Å². The highest BCUT2D eigenvalue weighted by Crippen LogP contribution is 2.33. The summed E-state index contributed by atoms with van der Waals surface area (Å²) in [4.78, 5) is 17.3. The number of likely N-dealkylation sites (tertiary alicyclic amines) is 1. The van der Waals surface area contributed by atoms with Crippen LogP contribution in [0.25, 0.3) is 22.5 Å². The molecule has 0 unspecified atom stereocenters. The minimum atomic E-state index is -0.0408. The molecule has 2 fully saturated rings. The van der Waals surface area contributed by atoms with E-state index in [0.29, 0.717) is 19.6 Å². The van der Waals surface area contributed by atoms with Crippen molar-refractivity contribution < 1.29 is 19.0 Å². The first kappa shape index (κ1) is 37.6. The largest absolute Gasteiger partial charge is 0.492 e. The number of piperidine rings is 1. The molecule has 0 aliphatic carbocycles. The van der Waals surface area contributed by atoms with Crippen molar-refractivity contribution in [3.05, 3.63) is 96.8 Å². The van der Waals surface area contributed by atoms with Crippen LogP contribution in [0.1, 0.15) is 24.8 Å². The Morgan fingerprint density at radius 2 is 1.32 bits per heavy atom. The van der Waals surface area contributed by atoms with Gasteiger partial charge in [-0.15, -0.1) is 0 Å². The highest BCUT2D eigenvalue weighted by molar-refractivity contribution is 5.93. The SMILES string of the molecule is Cn1nccc1-c1cc(N)ccc1OCCN1CCOCC1.Cn1nccc1-c1cc(NC(=O)Cc2ccccc2)ccc1OCCN1CCCCC1. The number of anilines is 2. The Morgan fingerprint density at radius 3 is 1.92 bits per heavy atom. The van der Waals surface area contributed by atoms with Crippen LogP contribution in [-0.2, 0) is 30.0 Å². The molecule has 0 bridgehead atoms. The zero-order valence-corrected chi connectivity index (χ0v) is 31.0. The number of benzene rings is 3. The third-order valence-electron chi connectivity index (χ3n) is 9.55. The fraction of sp³-hybridized carbons (Fsp3) is 0.390. The van der Waals surface area contributed by atoms with E-state index < -0.39 is 0 Å². The maximum Gasteiger partial charge on any atom is 0.228 e. The summed E-state index contributed by atoms with van der Waals surface area (Å²) in [5.74, 6) is 1.61. The van der Waals surface area contributed by atoms with Gasteiger partial charge in [0.1, 0.15) is 24.7 Å². The number of hydrogen-bond acceptors (Lipinski definition) is 9. The number of ether oxygens (including phenoxy) is 3. The predicted octanol–water partition coefficient (Wildman–Crippen LogP) is 5.51. The number of nitrogens with zero attached hydrogens (tertiary/aromatic N) is 6. The second-order valence-corrected chi connectivity index (χ2v) is 13.4. The Labute approximate surface area is 312 Å². The van der Waals surface area contributed by atoms with Crippen molar-refractivity contribution >= 4 is 17.3 Å². The van der Waals surface area contributed by atoms with Crippen LogP contribution in [0.4, 0.5) is 11.4 Å². The fourth-order valence-electron chi connectivity index (χ4n) is 6.65. The van der Waals surface area contributed by atoms with Crippen LogP contribution >= 0.6 is 0 Å². The molecule has 3 N–H and O–H groups in total. The van der Waals surface area contributed by atoms with Gasteiger partial charge in [0.05, 0.1) is 31.0 Å². The van der Waals surface area contributed by atoms with Gasteiger partial charge < -0.3 is 25.3 Å². The summed E-state index contributed by atoms with van der Waals surface area (Å²) in [6, 6.07) is 25.2. The van der Waals surface area contributed by atoms with E-state index in [2.05, 4.69) is 25.3 Å². The number of amides is 1. The van der Waals surface area contributed by atoms with Gasteiger partial charge in [0.25, 0.3) is 0 Å². The van der Waals surface area contributed by atoms with E-state index in [9.17, 15) is 4.79 Å². The Bertz CT molecular complexity index is 1880. The molecule has 2 aliphatic heterocycles. The Balaban J connectivity index is 0.000000192. The molecule has 0 radical (unpaired) electrons. The lowest BCUT2D eigenvalue weighted by atomic mass is 10.1. The van der Waals surface area contributed by atoms with Crippen LogP contribution < -0.4 is 20.5 Å². The number of nitrogens with one attached hydrogen (secondary N) is 1. The van der Waals surface area contributed by atoms with Gasteiger partial charge in [-0.2, -0.15) is 10.2 Å². The number of nitrogen functional groups attached to an aromatic ring is 1. The van der Waals surface area contributed by atoms with Gasteiger partial charge in [0, 0.05) is 75.2 Å². The van der Waals surface area contributed by atoms with Gasteiger partial charge in [-0.05, 0) is 80.0 Å². The third kappa shape index (κ3) is 10.9. The lowest BCUT2D eigenvalue weighted by Crippen LogP contribution is -2.38. The summed E-state index contributed by atoms with van der Waals surface area (Å²) in [6.07, 6.45) is 7.77. The maximum absolute atomic E-state index is 12.5. The van der Waals surface area contributed by atoms with Gasteiger partial charge in [0.15, 0.2) is 0 Å². The molecule has 2 saturated heterocycles. The molecule has 2 aromatic heterocycles. The second-order valence-electron chi connectivity index (χ2n) is 13.4. The first-order valence-corrected chi connectivity index (χ1v) is 18.5. The number of rotatable bonds is 13.